The van der Waals surface area contributed by atoms with Gasteiger partial charge in [0.15, 0.2) is 0 Å². The van der Waals surface area contributed by atoms with Gasteiger partial charge in [0.1, 0.15) is 0 Å². The van der Waals surface area contributed by atoms with Gasteiger partial charge in [-0.2, -0.15) is 0 Å². The smallest absolute Gasteiger partial charge is 0.246 e. The standard InChI is InChI=1S/C14H21N3O.C3H8/c1-4-12(3)17-10-13(11-17)15-6-8-16(9-7-15)14(18)5-2;1-3-2/h4-5,13H,1-3,6-11H2;3H2,1-2H3. The van der Waals surface area contributed by atoms with Crippen LogP contribution in [0.15, 0.2) is 37.6 Å². The first-order chi connectivity index (χ1) is 10.1. The molecule has 4 heteroatoms. The molecule has 118 valence electrons. The van der Waals surface area contributed by atoms with E-state index in [9.17, 15) is 4.79 Å². The Balaban J connectivity index is 0.000000677. The van der Waals surface area contributed by atoms with Crippen molar-refractivity contribution in [1.82, 2.24) is 14.7 Å². The summed E-state index contributed by atoms with van der Waals surface area (Å²) in [6.07, 6.45) is 4.45. The third-order valence-corrected chi connectivity index (χ3v) is 3.82. The molecule has 0 aromatic carbocycles. The van der Waals surface area contributed by atoms with E-state index < -0.39 is 0 Å². The Morgan fingerprint density at radius 1 is 1.05 bits per heavy atom. The summed E-state index contributed by atoms with van der Waals surface area (Å²) in [4.78, 5) is 18.0. The fourth-order valence-electron chi connectivity index (χ4n) is 2.49. The minimum atomic E-state index is 0.0462. The van der Waals surface area contributed by atoms with Crippen LogP contribution in [-0.4, -0.2) is 65.9 Å². The summed E-state index contributed by atoms with van der Waals surface area (Å²) >= 11 is 0. The predicted octanol–water partition coefficient (Wildman–Crippen LogP) is 2.12. The van der Waals surface area contributed by atoms with E-state index in [1.54, 1.807) is 6.08 Å². The monoisotopic (exact) mass is 291 g/mol. The maximum Gasteiger partial charge on any atom is 0.246 e. The van der Waals surface area contributed by atoms with Gasteiger partial charge in [-0.3, -0.25) is 9.69 Å². The SMILES string of the molecule is C=CC(=C)N1CC(N2CCN(C(=O)C=C)CC2)C1.CCC. The van der Waals surface area contributed by atoms with Crippen molar-refractivity contribution in [3.8, 4) is 0 Å². The van der Waals surface area contributed by atoms with E-state index in [4.69, 9.17) is 0 Å². The van der Waals surface area contributed by atoms with Crippen molar-refractivity contribution in [2.75, 3.05) is 39.3 Å². The fraction of sp³-hybridized carbons (Fsp3) is 0.588. The molecule has 21 heavy (non-hydrogen) atoms. The molecule has 0 N–H and O–H groups in total. The molecular weight excluding hydrogens is 262 g/mol. The second-order valence-corrected chi connectivity index (χ2v) is 5.53. The lowest BCUT2D eigenvalue weighted by Crippen LogP contribution is -2.62. The molecule has 2 heterocycles. The third-order valence-electron chi connectivity index (χ3n) is 3.82. The number of amides is 1. The second-order valence-electron chi connectivity index (χ2n) is 5.53. The van der Waals surface area contributed by atoms with Crippen molar-refractivity contribution in [2.45, 2.75) is 26.3 Å². The number of piperazine rings is 1. The number of hydrogen-bond donors (Lipinski definition) is 0. The first-order valence-corrected chi connectivity index (χ1v) is 7.79. The lowest BCUT2D eigenvalue weighted by molar-refractivity contribution is -0.128. The molecule has 0 bridgehead atoms. The van der Waals surface area contributed by atoms with Gasteiger partial charge in [-0.15, -0.1) is 0 Å². The van der Waals surface area contributed by atoms with Crippen LogP contribution in [0.3, 0.4) is 0 Å². The first-order valence-electron chi connectivity index (χ1n) is 7.79. The lowest BCUT2D eigenvalue weighted by atomic mass is 10.1. The molecule has 2 aliphatic heterocycles. The van der Waals surface area contributed by atoms with E-state index in [1.807, 2.05) is 4.90 Å². The van der Waals surface area contributed by atoms with E-state index in [-0.39, 0.29) is 5.91 Å². The topological polar surface area (TPSA) is 26.8 Å². The summed E-state index contributed by atoms with van der Waals surface area (Å²) in [6.45, 7) is 21.0. The number of likely N-dealkylation sites (tertiary alicyclic amines) is 1. The number of carbonyl (C=O) groups excluding carboxylic acids is 1. The third kappa shape index (κ3) is 4.74. The molecule has 1 amide bonds. The second kappa shape index (κ2) is 8.67. The van der Waals surface area contributed by atoms with Gasteiger partial charge in [0.2, 0.25) is 5.91 Å². The van der Waals surface area contributed by atoms with Crippen molar-refractivity contribution in [3.05, 3.63) is 37.6 Å². The van der Waals surface area contributed by atoms with Crippen LogP contribution in [0.1, 0.15) is 20.3 Å². The molecule has 0 radical (unpaired) electrons. The summed E-state index contributed by atoms with van der Waals surface area (Å²) in [5, 5.41) is 0. The Hall–Kier alpha value is -1.55. The predicted molar refractivity (Wildman–Crippen MR) is 89.0 cm³/mol. The zero-order chi connectivity index (χ0) is 15.8. The maximum atomic E-state index is 11.5. The molecular formula is C17H29N3O. The average molecular weight is 291 g/mol. The van der Waals surface area contributed by atoms with Gasteiger partial charge >= 0.3 is 0 Å². The highest BCUT2D eigenvalue weighted by molar-refractivity contribution is 5.87. The Kier molecular flexibility index (Phi) is 7.23. The maximum absolute atomic E-state index is 11.5. The number of rotatable bonds is 4. The zero-order valence-electron chi connectivity index (χ0n) is 13.6. The quantitative estimate of drug-likeness (QED) is 0.586. The highest BCUT2D eigenvalue weighted by Crippen LogP contribution is 2.20. The van der Waals surface area contributed by atoms with Crippen LogP contribution in [0, 0.1) is 0 Å². The van der Waals surface area contributed by atoms with E-state index in [2.05, 4.69) is 43.4 Å². The molecule has 2 fully saturated rings. The van der Waals surface area contributed by atoms with Crippen LogP contribution in [0.2, 0.25) is 0 Å². The number of nitrogens with zero attached hydrogens (tertiary/aromatic N) is 3. The summed E-state index contributed by atoms with van der Waals surface area (Å²) < 4.78 is 0. The molecule has 0 aromatic heterocycles. The summed E-state index contributed by atoms with van der Waals surface area (Å²) in [5.41, 5.74) is 1.01. The van der Waals surface area contributed by atoms with Crippen LogP contribution in [0.25, 0.3) is 0 Å². The lowest BCUT2D eigenvalue weighted by Gasteiger charge is -2.49. The Morgan fingerprint density at radius 3 is 2.00 bits per heavy atom. The molecule has 0 saturated carbocycles. The van der Waals surface area contributed by atoms with E-state index in [0.29, 0.717) is 6.04 Å². The van der Waals surface area contributed by atoms with Gasteiger partial charge in [0.05, 0.1) is 0 Å². The molecule has 2 aliphatic rings. The average Bonchev–Trinajstić information content (AvgIpc) is 2.46. The van der Waals surface area contributed by atoms with Gasteiger partial charge in [-0.25, -0.2) is 0 Å². The van der Waals surface area contributed by atoms with Crippen LogP contribution >= 0.6 is 0 Å². The number of carbonyl (C=O) groups is 1. The van der Waals surface area contributed by atoms with E-state index in [0.717, 1.165) is 45.0 Å². The molecule has 0 spiro atoms. The summed E-state index contributed by atoms with van der Waals surface area (Å²) in [7, 11) is 0. The van der Waals surface area contributed by atoms with Crippen LogP contribution in [0.5, 0.6) is 0 Å². The Labute approximate surface area is 129 Å². The van der Waals surface area contributed by atoms with Gasteiger partial charge in [0, 0.05) is 51.0 Å². The van der Waals surface area contributed by atoms with Gasteiger partial charge < -0.3 is 9.80 Å². The minimum absolute atomic E-state index is 0.0462. The van der Waals surface area contributed by atoms with Gasteiger partial charge in [-0.05, 0) is 12.2 Å². The fourth-order valence-corrected chi connectivity index (χ4v) is 2.49. The Bertz CT molecular complexity index is 377. The largest absolute Gasteiger partial charge is 0.369 e. The summed E-state index contributed by atoms with van der Waals surface area (Å²) in [6, 6.07) is 0.600. The van der Waals surface area contributed by atoms with Crippen LogP contribution in [-0.2, 0) is 4.79 Å². The molecule has 0 atom stereocenters. The van der Waals surface area contributed by atoms with Crippen molar-refractivity contribution < 1.29 is 4.79 Å². The molecule has 4 nitrogen and oxygen atoms in total. The number of allylic oxidation sites excluding steroid dienone is 1. The van der Waals surface area contributed by atoms with E-state index >= 15 is 0 Å². The normalized spacial score (nSPS) is 19.1. The van der Waals surface area contributed by atoms with Gasteiger partial charge in [-0.1, -0.05) is 40.0 Å². The minimum Gasteiger partial charge on any atom is -0.369 e. The van der Waals surface area contributed by atoms with Crippen molar-refractivity contribution in [2.24, 2.45) is 0 Å². The zero-order valence-corrected chi connectivity index (χ0v) is 13.6. The highest BCUT2D eigenvalue weighted by atomic mass is 16.2. The molecule has 2 saturated heterocycles. The Morgan fingerprint density at radius 2 is 1.57 bits per heavy atom. The van der Waals surface area contributed by atoms with Crippen molar-refractivity contribution in [1.29, 1.82) is 0 Å². The van der Waals surface area contributed by atoms with Crippen LogP contribution in [0.4, 0.5) is 0 Å². The van der Waals surface area contributed by atoms with Crippen molar-refractivity contribution in [3.63, 3.8) is 0 Å². The highest BCUT2D eigenvalue weighted by Gasteiger charge is 2.33. The van der Waals surface area contributed by atoms with E-state index in [1.165, 1.54) is 12.5 Å². The molecule has 2 rings (SSSR count). The molecule has 0 aliphatic carbocycles. The first kappa shape index (κ1) is 17.5. The molecule has 0 unspecified atom stereocenters. The summed E-state index contributed by atoms with van der Waals surface area (Å²) in [5.74, 6) is 0.0462. The van der Waals surface area contributed by atoms with Crippen molar-refractivity contribution >= 4 is 5.91 Å². The molecule has 0 aromatic rings. The van der Waals surface area contributed by atoms with Gasteiger partial charge in [0.25, 0.3) is 0 Å². The van der Waals surface area contributed by atoms with Crippen LogP contribution < -0.4 is 0 Å². The number of hydrogen-bond acceptors (Lipinski definition) is 3.